The van der Waals surface area contributed by atoms with Gasteiger partial charge in [0.15, 0.2) is 9.60 Å². The van der Waals surface area contributed by atoms with Gasteiger partial charge in [-0.3, -0.25) is 4.79 Å². The van der Waals surface area contributed by atoms with Gasteiger partial charge < -0.3 is 16.5 Å². The molecule has 0 fully saturated rings. The summed E-state index contributed by atoms with van der Waals surface area (Å²) in [4.78, 5) is 21.2. The van der Waals surface area contributed by atoms with E-state index in [9.17, 15) is 4.79 Å². The Morgan fingerprint density at radius 2 is 2.21 bits per heavy atom. The molecule has 0 aromatic carbocycles. The van der Waals surface area contributed by atoms with Crippen molar-refractivity contribution < 1.29 is 4.79 Å². The Kier molecular flexibility index (Phi) is 1.93. The maximum absolute atomic E-state index is 10.8. The van der Waals surface area contributed by atoms with E-state index in [-0.39, 0.29) is 11.6 Å². The lowest BCUT2D eigenvalue weighted by molar-refractivity contribution is 0.0991. The number of fused-ring (bicyclic) bond motifs is 1. The molecular weight excluding hydrogens is 222 g/mol. The number of rotatable bonds is 1. The van der Waals surface area contributed by atoms with Crippen LogP contribution in [0.4, 0.5) is 5.82 Å². The third kappa shape index (κ3) is 1.34. The van der Waals surface area contributed by atoms with E-state index >= 15 is 0 Å². The molecule has 0 atom stereocenters. The first-order chi connectivity index (χ1) is 6.58. The summed E-state index contributed by atoms with van der Waals surface area (Å²) in [5, 5.41) is 0. The summed E-state index contributed by atoms with van der Waals surface area (Å²) < 4.78 is 1.17. The van der Waals surface area contributed by atoms with Crippen molar-refractivity contribution in [1.29, 1.82) is 0 Å². The Labute approximate surface area is 87.0 Å². The molecule has 0 spiro atoms. The highest BCUT2D eigenvalue weighted by Gasteiger charge is 2.10. The Morgan fingerprint density at radius 1 is 1.50 bits per heavy atom. The van der Waals surface area contributed by atoms with Crippen LogP contribution in [0.2, 0.25) is 0 Å². The maximum atomic E-state index is 10.8. The Hall–Kier alpha value is -1.54. The van der Waals surface area contributed by atoms with Crippen molar-refractivity contribution in [3.63, 3.8) is 0 Å². The van der Waals surface area contributed by atoms with Gasteiger partial charge in [0.05, 0.1) is 0 Å². The summed E-state index contributed by atoms with van der Waals surface area (Å²) in [6.07, 6.45) is 0. The first kappa shape index (κ1) is 9.03. The fraction of sp³-hybridized carbons (Fsp3) is 0. The van der Waals surface area contributed by atoms with E-state index in [1.807, 2.05) is 0 Å². The quantitative estimate of drug-likeness (QED) is 0.612. The van der Waals surface area contributed by atoms with Crippen LogP contribution in [0.5, 0.6) is 0 Å². The number of H-pyrrole nitrogens is 1. The number of carbonyl (C=O) groups excluding carboxylic acids is 1. The summed E-state index contributed by atoms with van der Waals surface area (Å²) in [5.41, 5.74) is 11.1. The van der Waals surface area contributed by atoms with Crippen molar-refractivity contribution in [1.82, 2.24) is 15.0 Å². The third-order valence-electron chi connectivity index (χ3n) is 1.53. The summed E-state index contributed by atoms with van der Waals surface area (Å²) >= 11 is 6.16. The minimum Gasteiger partial charge on any atom is -0.382 e. The van der Waals surface area contributed by atoms with Gasteiger partial charge in [0.1, 0.15) is 10.5 Å². The minimum absolute atomic E-state index is 0.112. The monoisotopic (exact) mass is 227 g/mol. The fourth-order valence-electron chi connectivity index (χ4n) is 0.978. The number of hydrogen-bond donors (Lipinski definition) is 3. The number of hydrogen-bond acceptors (Lipinski definition) is 6. The lowest BCUT2D eigenvalue weighted by Crippen LogP contribution is -2.16. The summed E-state index contributed by atoms with van der Waals surface area (Å²) in [5.74, 6) is -0.621. The second-order valence-electron chi connectivity index (χ2n) is 2.49. The zero-order valence-electron chi connectivity index (χ0n) is 6.77. The van der Waals surface area contributed by atoms with Crippen molar-refractivity contribution in [2.24, 2.45) is 5.73 Å². The lowest BCUT2D eigenvalue weighted by atomic mass is 10.5. The van der Waals surface area contributed by atoms with Crippen LogP contribution in [-0.2, 0) is 0 Å². The summed E-state index contributed by atoms with van der Waals surface area (Å²) in [7, 11) is 0. The highest BCUT2D eigenvalue weighted by Crippen LogP contribution is 2.22. The van der Waals surface area contributed by atoms with Crippen LogP contribution in [0.15, 0.2) is 0 Å². The van der Waals surface area contributed by atoms with Gasteiger partial charge in [-0.25, -0.2) is 9.97 Å². The fourth-order valence-corrected chi connectivity index (χ4v) is 2.00. The SMILES string of the molecule is NC(=O)c1nc(N)c2sc(=S)[nH]c2n1. The number of primary amides is 1. The predicted molar refractivity (Wildman–Crippen MR) is 55.5 cm³/mol. The third-order valence-corrected chi connectivity index (χ3v) is 2.77. The molecule has 6 nitrogen and oxygen atoms in total. The number of amides is 1. The Balaban J connectivity index is 2.84. The first-order valence-electron chi connectivity index (χ1n) is 3.54. The van der Waals surface area contributed by atoms with Crippen molar-refractivity contribution in [3.05, 3.63) is 9.78 Å². The molecule has 72 valence electrons. The topological polar surface area (TPSA) is 111 Å². The molecule has 2 rings (SSSR count). The van der Waals surface area contributed by atoms with Gasteiger partial charge in [0, 0.05) is 0 Å². The normalized spacial score (nSPS) is 10.6. The number of anilines is 1. The highest BCUT2D eigenvalue weighted by atomic mass is 32.1. The number of nitrogens with one attached hydrogen (secondary N) is 1. The molecule has 0 bridgehead atoms. The van der Waals surface area contributed by atoms with Crippen LogP contribution in [0.3, 0.4) is 0 Å². The number of nitrogens with two attached hydrogens (primary N) is 2. The zero-order valence-corrected chi connectivity index (χ0v) is 8.41. The second-order valence-corrected chi connectivity index (χ2v) is 4.18. The van der Waals surface area contributed by atoms with Crippen LogP contribution in [0, 0.1) is 3.95 Å². The Morgan fingerprint density at radius 3 is 2.86 bits per heavy atom. The lowest BCUT2D eigenvalue weighted by Gasteiger charge is -1.96. The molecule has 0 unspecified atom stereocenters. The number of nitrogens with zero attached hydrogens (tertiary/aromatic N) is 2. The molecule has 0 aliphatic rings. The molecule has 14 heavy (non-hydrogen) atoms. The smallest absolute Gasteiger partial charge is 0.286 e. The van der Waals surface area contributed by atoms with Crippen LogP contribution in [0.1, 0.15) is 10.6 Å². The Bertz CT molecular complexity index is 571. The molecule has 2 aromatic rings. The molecule has 0 aliphatic heterocycles. The van der Waals surface area contributed by atoms with Gasteiger partial charge in [-0.05, 0) is 12.2 Å². The van der Waals surface area contributed by atoms with Gasteiger partial charge >= 0.3 is 0 Å². The van der Waals surface area contributed by atoms with Crippen molar-refractivity contribution in [2.45, 2.75) is 0 Å². The van der Waals surface area contributed by atoms with Crippen molar-refractivity contribution in [3.8, 4) is 0 Å². The first-order valence-corrected chi connectivity index (χ1v) is 4.76. The second kappa shape index (κ2) is 3.00. The van der Waals surface area contributed by atoms with Crippen LogP contribution >= 0.6 is 23.6 Å². The van der Waals surface area contributed by atoms with Crippen molar-refractivity contribution >= 4 is 45.6 Å². The largest absolute Gasteiger partial charge is 0.382 e. The molecule has 1 amide bonds. The molecule has 5 N–H and O–H groups in total. The van der Waals surface area contributed by atoms with Gasteiger partial charge in [-0.15, -0.1) is 0 Å². The number of nitrogen functional groups attached to an aromatic ring is 1. The van der Waals surface area contributed by atoms with Crippen LogP contribution in [0.25, 0.3) is 10.3 Å². The van der Waals surface area contributed by atoms with Gasteiger partial charge in [0.2, 0.25) is 5.82 Å². The molecule has 0 radical (unpaired) electrons. The number of thiazole rings is 1. The van der Waals surface area contributed by atoms with E-state index in [4.69, 9.17) is 23.7 Å². The average Bonchev–Trinajstić information content (AvgIpc) is 2.45. The van der Waals surface area contributed by atoms with Crippen LogP contribution < -0.4 is 11.5 Å². The van der Waals surface area contributed by atoms with Crippen molar-refractivity contribution in [2.75, 3.05) is 5.73 Å². The zero-order chi connectivity index (χ0) is 10.3. The standard InChI is InChI=1S/C6H5N5OS2/c7-2-1-4(11-6(13)14-1)10-5(9-2)3(8)12/h(H2,8,12)(H3,7,9,10,11,13). The average molecular weight is 227 g/mol. The summed E-state index contributed by atoms with van der Waals surface area (Å²) in [6, 6.07) is 0. The molecule has 0 saturated heterocycles. The maximum Gasteiger partial charge on any atom is 0.286 e. The minimum atomic E-state index is -0.718. The van der Waals surface area contributed by atoms with E-state index in [0.29, 0.717) is 14.3 Å². The van der Waals surface area contributed by atoms with Gasteiger partial charge in [0.25, 0.3) is 5.91 Å². The number of aromatic nitrogens is 3. The van der Waals surface area contributed by atoms with E-state index in [1.54, 1.807) is 0 Å². The van der Waals surface area contributed by atoms with E-state index in [1.165, 1.54) is 11.3 Å². The van der Waals surface area contributed by atoms with E-state index in [0.717, 1.165) is 0 Å². The number of carbonyl (C=O) groups is 1. The molecule has 0 saturated carbocycles. The van der Waals surface area contributed by atoms with E-state index < -0.39 is 5.91 Å². The molecule has 2 heterocycles. The molecular formula is C6H5N5OS2. The summed E-state index contributed by atoms with van der Waals surface area (Å²) in [6.45, 7) is 0. The molecule has 2 aromatic heterocycles. The number of aromatic amines is 1. The van der Waals surface area contributed by atoms with Gasteiger partial charge in [-0.2, -0.15) is 0 Å². The van der Waals surface area contributed by atoms with E-state index in [2.05, 4.69) is 15.0 Å². The molecule has 0 aliphatic carbocycles. The van der Waals surface area contributed by atoms with Crippen LogP contribution in [-0.4, -0.2) is 20.9 Å². The van der Waals surface area contributed by atoms with Gasteiger partial charge in [-0.1, -0.05) is 11.3 Å². The highest BCUT2D eigenvalue weighted by molar-refractivity contribution is 7.73. The predicted octanol–water partition coefficient (Wildman–Crippen LogP) is 0.430. The molecule has 8 heteroatoms.